The van der Waals surface area contributed by atoms with Gasteiger partial charge in [-0.1, -0.05) is 137 Å². The summed E-state index contributed by atoms with van der Waals surface area (Å²) in [4.78, 5) is 0. The van der Waals surface area contributed by atoms with E-state index in [2.05, 4.69) is 231 Å². The maximum Gasteiger partial charge on any atom is -0.0202 e. The second-order valence-electron chi connectivity index (χ2n) is 9.34. The summed E-state index contributed by atoms with van der Waals surface area (Å²) in [5, 5.41) is 5.71. The summed E-state index contributed by atoms with van der Waals surface area (Å²) < 4.78 is 0. The van der Waals surface area contributed by atoms with Crippen LogP contribution in [0.3, 0.4) is 0 Å². The standard InChI is InChI=1S/2C19H16P.2BrH.2Pd/c2*1-4-10-17(11-5-1)16-20(18-12-6-2-7-13-18)19-14-8-3-9-15-19;;;;/h2*1-4,6-15H,16H2;2*1H;;/q2*-1;;;2*+2/p-2. The van der Waals surface area contributed by atoms with Crippen molar-refractivity contribution < 1.29 is 34.4 Å². The minimum absolute atomic E-state index is 0.347. The Morgan fingerprint density at radius 1 is 0.386 bits per heavy atom. The van der Waals surface area contributed by atoms with Crippen LogP contribution < -0.4 is 21.2 Å². The zero-order chi connectivity index (χ0) is 31.2. The van der Waals surface area contributed by atoms with Gasteiger partial charge in [0.2, 0.25) is 0 Å². The summed E-state index contributed by atoms with van der Waals surface area (Å²) >= 11 is 10.7. The summed E-state index contributed by atoms with van der Waals surface area (Å²) in [5.41, 5.74) is 2.71. The van der Waals surface area contributed by atoms with Crippen LogP contribution in [0.4, 0.5) is 0 Å². The van der Waals surface area contributed by atoms with Gasteiger partial charge in [0.1, 0.15) is 0 Å². The fourth-order valence-corrected chi connectivity index (χ4v) is 9.10. The quantitative estimate of drug-likeness (QED) is 0.0811. The van der Waals surface area contributed by atoms with Crippen LogP contribution in [0.5, 0.6) is 0 Å². The predicted molar refractivity (Wildman–Crippen MR) is 194 cm³/mol. The zero-order valence-corrected chi connectivity index (χ0v) is 31.9. The number of hydrogen-bond donors (Lipinski definition) is 0. The fourth-order valence-electron chi connectivity index (χ4n) is 4.52. The van der Waals surface area contributed by atoms with Gasteiger partial charge >= 0.3 is 61.2 Å². The van der Waals surface area contributed by atoms with E-state index in [1.165, 1.54) is 32.3 Å². The van der Waals surface area contributed by atoms with Crippen LogP contribution in [-0.2, 0) is 46.7 Å². The summed E-state index contributed by atoms with van der Waals surface area (Å²) in [6.45, 7) is 0. The van der Waals surface area contributed by atoms with Gasteiger partial charge in [0.15, 0.2) is 0 Å². The van der Waals surface area contributed by atoms with Crippen LogP contribution in [0, 0.1) is 12.1 Å². The van der Waals surface area contributed by atoms with Crippen molar-refractivity contribution in [3.05, 3.63) is 193 Å². The van der Waals surface area contributed by atoms with E-state index >= 15 is 0 Å². The Balaban J connectivity index is 0.000000216. The summed E-state index contributed by atoms with van der Waals surface area (Å²) in [5.74, 6) is 0. The molecule has 6 aromatic carbocycles. The van der Waals surface area contributed by atoms with Gasteiger partial charge < -0.3 is 0 Å². The molecule has 6 rings (SSSR count). The van der Waals surface area contributed by atoms with Gasteiger partial charge in [-0.05, 0) is 33.5 Å². The number of halogens is 2. The van der Waals surface area contributed by atoms with E-state index in [1.807, 2.05) is 12.1 Å². The Hall–Kier alpha value is -1.54. The Morgan fingerprint density at radius 3 is 0.886 bits per heavy atom. The first-order valence-corrected chi connectivity index (χ1v) is 23.9. The van der Waals surface area contributed by atoms with E-state index in [4.69, 9.17) is 0 Å². The Labute approximate surface area is 300 Å². The fraction of sp³-hybridized carbons (Fsp3) is 0.0526. The molecule has 44 heavy (non-hydrogen) atoms. The number of rotatable bonds is 8. The van der Waals surface area contributed by atoms with Gasteiger partial charge in [0, 0.05) is 0 Å². The van der Waals surface area contributed by atoms with Crippen molar-refractivity contribution in [1.82, 2.24) is 0 Å². The third-order valence-corrected chi connectivity index (χ3v) is 11.5. The molecule has 228 valence electrons. The van der Waals surface area contributed by atoms with Gasteiger partial charge in [0.05, 0.1) is 0 Å². The number of benzene rings is 6. The molecule has 0 heterocycles. The maximum atomic E-state index is 3.18. The molecule has 0 atom stereocenters. The van der Waals surface area contributed by atoms with Crippen LogP contribution in [0.2, 0.25) is 0 Å². The second kappa shape index (κ2) is 22.9. The van der Waals surface area contributed by atoms with Gasteiger partial charge in [0.25, 0.3) is 0 Å². The molecule has 0 aromatic heterocycles. The van der Waals surface area contributed by atoms with E-state index in [9.17, 15) is 0 Å². The smallest absolute Gasteiger partial charge is 0.0202 e. The maximum absolute atomic E-state index is 3.18. The molecule has 0 amide bonds. The Kier molecular flexibility index (Phi) is 19.2. The van der Waals surface area contributed by atoms with Gasteiger partial charge in [-0.15, -0.1) is 0 Å². The van der Waals surface area contributed by atoms with E-state index in [-0.39, 0.29) is 15.8 Å². The molecule has 0 aliphatic carbocycles. The summed E-state index contributed by atoms with van der Waals surface area (Å²) in [7, 11) is -0.694. The predicted octanol–water partition coefficient (Wildman–Crippen LogP) is 9.93. The average Bonchev–Trinajstić information content (AvgIpc) is 3.14. The van der Waals surface area contributed by atoms with Gasteiger partial charge in [-0.3, -0.25) is 0 Å². The topological polar surface area (TPSA) is 0 Å². The largest absolute Gasteiger partial charge is 0.184 e. The van der Waals surface area contributed by atoms with Crippen LogP contribution in [-0.4, -0.2) is 0 Å². The molecule has 0 spiro atoms. The van der Waals surface area contributed by atoms with Crippen LogP contribution >= 0.6 is 42.7 Å². The normalized spacial score (nSPS) is 10.0. The van der Waals surface area contributed by atoms with Crippen molar-refractivity contribution in [2.24, 2.45) is 0 Å². The molecule has 0 aliphatic rings. The molecule has 6 heteroatoms. The van der Waals surface area contributed by atoms with Crippen LogP contribution in [0.15, 0.2) is 170 Å². The molecule has 0 N–H and O–H groups in total. The molecule has 6 aromatic rings. The molecule has 0 aliphatic heterocycles. The Bertz CT molecular complexity index is 1330. The van der Waals surface area contributed by atoms with Crippen molar-refractivity contribution in [2.75, 3.05) is 0 Å². The SMILES string of the molecule is [Br][Pd+].[Br][Pd+].[c-]1cccc(CP(c2ccccc2)c2ccccc2)c1.[c-]1cccc(CP(c2ccccc2)c2ccccc2)c1. The number of hydrogen-bond acceptors (Lipinski definition) is 0. The van der Waals surface area contributed by atoms with Crippen LogP contribution in [0.1, 0.15) is 11.1 Å². The van der Waals surface area contributed by atoms with E-state index in [0.717, 1.165) is 12.3 Å². The van der Waals surface area contributed by atoms with Crippen molar-refractivity contribution in [2.45, 2.75) is 12.3 Å². The van der Waals surface area contributed by atoms with Gasteiger partial charge in [-0.25, -0.2) is 0 Å². The molecule has 0 radical (unpaired) electrons. The van der Waals surface area contributed by atoms with Crippen molar-refractivity contribution in [1.29, 1.82) is 0 Å². The average molecular weight is 923 g/mol. The molecule has 0 nitrogen and oxygen atoms in total. The molecule has 0 bridgehead atoms. The first-order chi connectivity index (χ1) is 21.9. The van der Waals surface area contributed by atoms with Crippen molar-refractivity contribution in [3.8, 4) is 0 Å². The molecule has 0 saturated heterocycles. The second-order valence-corrected chi connectivity index (χ2v) is 13.7. The van der Waals surface area contributed by atoms with E-state index in [0.29, 0.717) is 0 Å². The molecule has 0 unspecified atom stereocenters. The van der Waals surface area contributed by atoms with Crippen molar-refractivity contribution in [3.63, 3.8) is 0 Å². The minimum atomic E-state index is -0.347. The molecular formula is C38H32Br2P2Pd2. The van der Waals surface area contributed by atoms with E-state index < -0.39 is 0 Å². The first kappa shape index (κ1) is 36.9. The monoisotopic (exact) mass is 920 g/mol. The summed E-state index contributed by atoms with van der Waals surface area (Å²) in [6.07, 6.45) is 2.14. The Morgan fingerprint density at radius 2 is 0.659 bits per heavy atom. The third kappa shape index (κ3) is 12.7. The van der Waals surface area contributed by atoms with Gasteiger partial charge in [-0.2, -0.15) is 71.8 Å². The minimum Gasteiger partial charge on any atom is -0.184 e. The first-order valence-electron chi connectivity index (χ1n) is 13.8. The van der Waals surface area contributed by atoms with Crippen LogP contribution in [0.25, 0.3) is 0 Å². The molecular weight excluding hydrogens is 891 g/mol. The molecule has 0 fully saturated rings. The summed E-state index contributed by atoms with van der Waals surface area (Å²) in [6, 6.07) is 66.3. The van der Waals surface area contributed by atoms with Crippen molar-refractivity contribution >= 4 is 63.9 Å². The van der Waals surface area contributed by atoms with E-state index in [1.54, 1.807) is 0 Å². The third-order valence-electron chi connectivity index (χ3n) is 6.50. The molecule has 0 saturated carbocycles. The zero-order valence-electron chi connectivity index (χ0n) is 23.9.